The summed E-state index contributed by atoms with van der Waals surface area (Å²) in [6, 6.07) is 5.99. The summed E-state index contributed by atoms with van der Waals surface area (Å²) in [4.78, 5) is 30.4. The van der Waals surface area contributed by atoms with E-state index in [-0.39, 0.29) is 23.7 Å². The number of likely N-dealkylation sites (tertiary alicyclic amines) is 1. The third kappa shape index (κ3) is 3.14. The number of nitrogens with one attached hydrogen (secondary N) is 1. The van der Waals surface area contributed by atoms with Crippen molar-refractivity contribution < 1.29 is 14.5 Å². The van der Waals surface area contributed by atoms with Crippen molar-refractivity contribution in [2.24, 2.45) is 11.8 Å². The number of fused-ring (bicyclic) bond motifs is 1. The Hall–Kier alpha value is -1.85. The lowest BCUT2D eigenvalue weighted by molar-refractivity contribution is -0.908. The maximum absolute atomic E-state index is 12.6. The smallest absolute Gasteiger partial charge is 0.237 e. The number of rotatable bonds is 3. The highest BCUT2D eigenvalue weighted by Gasteiger charge is 2.48. The first kappa shape index (κ1) is 17.6. The molecule has 0 spiro atoms. The van der Waals surface area contributed by atoms with Crippen LogP contribution in [0.1, 0.15) is 18.4 Å². The van der Waals surface area contributed by atoms with E-state index in [4.69, 9.17) is 11.6 Å². The molecule has 0 saturated carbocycles. The number of carbonyl (C=O) groups excluding carboxylic acids is 2. The fraction of sp³-hybridized carbons (Fsp3) is 0.500. The third-order valence-corrected chi connectivity index (χ3v) is 6.20. The summed E-state index contributed by atoms with van der Waals surface area (Å²) < 4.78 is 0. The van der Waals surface area contributed by atoms with E-state index in [9.17, 15) is 9.59 Å². The van der Waals surface area contributed by atoms with Gasteiger partial charge in [0.2, 0.25) is 11.8 Å². The molecule has 2 atom stereocenters. The first-order chi connectivity index (χ1) is 12.5. The molecule has 6 heteroatoms. The van der Waals surface area contributed by atoms with Crippen molar-refractivity contribution in [3.05, 3.63) is 40.9 Å². The Kier molecular flexibility index (Phi) is 4.76. The molecule has 138 valence electrons. The number of benzene rings is 1. The van der Waals surface area contributed by atoms with Gasteiger partial charge in [0.05, 0.1) is 38.0 Å². The molecule has 1 aliphatic carbocycles. The van der Waals surface area contributed by atoms with Crippen LogP contribution in [0.5, 0.6) is 0 Å². The fourth-order valence-electron chi connectivity index (χ4n) is 4.39. The van der Waals surface area contributed by atoms with E-state index in [2.05, 4.69) is 11.8 Å². The Labute approximate surface area is 159 Å². The molecular formula is C20H25ClN3O2+. The zero-order chi connectivity index (χ0) is 18.3. The summed E-state index contributed by atoms with van der Waals surface area (Å²) in [5.74, 6) is -0.181. The van der Waals surface area contributed by atoms with Crippen molar-refractivity contribution in [3.63, 3.8) is 0 Å². The molecule has 2 amide bonds. The number of halogens is 1. The number of hydrogen-bond acceptors (Lipinski definition) is 3. The monoisotopic (exact) mass is 374 g/mol. The number of hydrogen-bond donors (Lipinski definition) is 1. The van der Waals surface area contributed by atoms with Crippen LogP contribution in [-0.4, -0.2) is 49.6 Å². The quantitative estimate of drug-likeness (QED) is 0.640. The van der Waals surface area contributed by atoms with Crippen molar-refractivity contribution in [1.82, 2.24) is 4.90 Å². The van der Waals surface area contributed by atoms with Crippen LogP contribution >= 0.6 is 11.6 Å². The van der Waals surface area contributed by atoms with Gasteiger partial charge in [0.25, 0.3) is 0 Å². The summed E-state index contributed by atoms with van der Waals surface area (Å²) in [5, 5.41) is 0.754. The Balaban J connectivity index is 1.38. The molecule has 0 unspecified atom stereocenters. The number of amides is 2. The number of quaternary nitrogens is 1. The average molecular weight is 375 g/mol. The van der Waals surface area contributed by atoms with Gasteiger partial charge < -0.3 is 9.80 Å². The van der Waals surface area contributed by atoms with Crippen LogP contribution in [0.4, 0.5) is 5.69 Å². The highest BCUT2D eigenvalue weighted by molar-refractivity contribution is 6.30. The maximum atomic E-state index is 12.6. The van der Waals surface area contributed by atoms with Crippen LogP contribution in [0, 0.1) is 18.8 Å². The second kappa shape index (κ2) is 7.05. The lowest BCUT2D eigenvalue weighted by Crippen LogP contribution is -3.16. The van der Waals surface area contributed by atoms with E-state index in [0.29, 0.717) is 19.5 Å². The number of allylic oxidation sites excluding steroid dienone is 2. The maximum Gasteiger partial charge on any atom is 0.237 e. The summed E-state index contributed by atoms with van der Waals surface area (Å²) in [6.07, 6.45) is 5.50. The van der Waals surface area contributed by atoms with Crippen LogP contribution in [0.15, 0.2) is 30.4 Å². The van der Waals surface area contributed by atoms with Gasteiger partial charge in [0, 0.05) is 10.7 Å². The number of carbonyl (C=O) groups is 2. The van der Waals surface area contributed by atoms with Crippen molar-refractivity contribution >= 4 is 29.1 Å². The number of nitrogens with zero attached hydrogens (tertiary/aromatic N) is 2. The molecule has 4 rings (SSSR count). The molecule has 0 bridgehead atoms. The van der Waals surface area contributed by atoms with Gasteiger partial charge >= 0.3 is 0 Å². The van der Waals surface area contributed by atoms with Crippen LogP contribution in [-0.2, 0) is 9.59 Å². The van der Waals surface area contributed by atoms with Gasteiger partial charge in [-0.15, -0.1) is 0 Å². The Morgan fingerprint density at radius 3 is 2.31 bits per heavy atom. The lowest BCUT2D eigenvalue weighted by Gasteiger charge is -2.35. The Morgan fingerprint density at radius 2 is 1.69 bits per heavy atom. The highest BCUT2D eigenvalue weighted by Crippen LogP contribution is 2.34. The zero-order valence-electron chi connectivity index (χ0n) is 15.1. The van der Waals surface area contributed by atoms with Crippen molar-refractivity contribution in [3.8, 4) is 0 Å². The molecule has 26 heavy (non-hydrogen) atoms. The molecule has 1 aromatic carbocycles. The number of anilines is 1. The van der Waals surface area contributed by atoms with Gasteiger partial charge in [0.1, 0.15) is 0 Å². The zero-order valence-corrected chi connectivity index (χ0v) is 15.8. The summed E-state index contributed by atoms with van der Waals surface area (Å²) in [6.45, 7) is 6.24. The largest absolute Gasteiger partial charge is 0.360 e. The molecule has 2 fully saturated rings. The van der Waals surface area contributed by atoms with Crippen molar-refractivity contribution in [1.29, 1.82) is 0 Å². The fourth-order valence-corrected chi connectivity index (χ4v) is 4.56. The number of aryl methyl sites for hydroxylation is 1. The lowest BCUT2D eigenvalue weighted by atomic mass is 9.85. The molecule has 0 radical (unpaired) electrons. The summed E-state index contributed by atoms with van der Waals surface area (Å²) in [7, 11) is 0. The summed E-state index contributed by atoms with van der Waals surface area (Å²) in [5.41, 5.74) is 2.40. The predicted octanol–water partition coefficient (Wildman–Crippen LogP) is 1.26. The second-order valence-corrected chi connectivity index (χ2v) is 8.02. The molecule has 2 aliphatic heterocycles. The molecule has 2 saturated heterocycles. The van der Waals surface area contributed by atoms with Crippen LogP contribution in [0.3, 0.4) is 0 Å². The molecular weight excluding hydrogens is 350 g/mol. The molecule has 1 N–H and O–H groups in total. The average Bonchev–Trinajstić information content (AvgIpc) is 2.90. The number of imide groups is 1. The van der Waals surface area contributed by atoms with E-state index in [1.807, 2.05) is 30.4 Å². The minimum Gasteiger partial charge on any atom is -0.360 e. The van der Waals surface area contributed by atoms with Gasteiger partial charge in [-0.3, -0.25) is 9.59 Å². The van der Waals surface area contributed by atoms with E-state index in [1.54, 1.807) is 0 Å². The second-order valence-electron chi connectivity index (χ2n) is 7.59. The first-order valence-electron chi connectivity index (χ1n) is 9.39. The molecule has 0 aromatic heterocycles. The van der Waals surface area contributed by atoms with E-state index < -0.39 is 0 Å². The predicted molar refractivity (Wildman–Crippen MR) is 101 cm³/mol. The molecule has 5 nitrogen and oxygen atoms in total. The molecule has 2 heterocycles. The molecule has 1 aromatic rings. The van der Waals surface area contributed by atoms with E-state index >= 15 is 0 Å². The standard InChI is InChI=1S/C20H24ClN3O2/c1-14-6-7-15(21)12-18(14)23-10-8-22(9-11-23)13-24-19(25)16-4-2-3-5-17(16)20(24)26/h2-3,6-7,12,16-17H,4-5,8-11,13H2,1H3/p+1/t16-,17-/m0/s1. The third-order valence-electron chi connectivity index (χ3n) is 5.96. The van der Waals surface area contributed by atoms with Crippen molar-refractivity contribution in [2.75, 3.05) is 37.7 Å². The minimum atomic E-state index is -0.123. The summed E-state index contributed by atoms with van der Waals surface area (Å²) >= 11 is 6.15. The normalized spacial score (nSPS) is 26.5. The Bertz CT molecular complexity index is 729. The first-order valence-corrected chi connectivity index (χ1v) is 9.77. The van der Waals surface area contributed by atoms with Crippen LogP contribution in [0.25, 0.3) is 0 Å². The van der Waals surface area contributed by atoms with Gasteiger partial charge in [-0.1, -0.05) is 29.8 Å². The minimum absolute atomic E-state index is 0.0324. The van der Waals surface area contributed by atoms with Gasteiger partial charge in [-0.25, -0.2) is 4.90 Å². The van der Waals surface area contributed by atoms with Crippen LogP contribution in [0.2, 0.25) is 5.02 Å². The van der Waals surface area contributed by atoms with Gasteiger partial charge in [-0.05, 0) is 37.5 Å². The Morgan fingerprint density at radius 1 is 1.08 bits per heavy atom. The highest BCUT2D eigenvalue weighted by atomic mass is 35.5. The van der Waals surface area contributed by atoms with Crippen LogP contribution < -0.4 is 9.80 Å². The SMILES string of the molecule is Cc1ccc(Cl)cc1N1CC[NH+](CN2C(=O)[C@H]3CC=CC[C@@H]3C2=O)CC1. The molecule has 3 aliphatic rings. The van der Waals surface area contributed by atoms with E-state index in [1.165, 1.54) is 21.1 Å². The van der Waals surface area contributed by atoms with Gasteiger partial charge in [0.15, 0.2) is 6.67 Å². The van der Waals surface area contributed by atoms with Crippen molar-refractivity contribution in [2.45, 2.75) is 19.8 Å². The number of piperazine rings is 1. The van der Waals surface area contributed by atoms with Gasteiger partial charge in [-0.2, -0.15) is 0 Å². The topological polar surface area (TPSA) is 45.1 Å². The van der Waals surface area contributed by atoms with E-state index in [0.717, 1.165) is 31.2 Å².